The molecule has 0 bridgehead atoms. The summed E-state index contributed by atoms with van der Waals surface area (Å²) in [5.74, 6) is -0.526. The second-order valence-electron chi connectivity index (χ2n) is 8.09. The second-order valence-corrected chi connectivity index (χ2v) is 9.76. The Kier molecular flexibility index (Phi) is 8.95. The van der Waals surface area contributed by atoms with Crippen LogP contribution in [0.2, 0.25) is 0 Å². The highest BCUT2D eigenvalue weighted by atomic mass is 32.2. The number of thiocarbonyl (C=S) groups is 1. The highest BCUT2D eigenvalue weighted by Gasteiger charge is 2.33. The van der Waals surface area contributed by atoms with Gasteiger partial charge in [-0.05, 0) is 34.9 Å². The van der Waals surface area contributed by atoms with Gasteiger partial charge >= 0.3 is 5.97 Å². The monoisotopic (exact) mass is 535 g/mol. The van der Waals surface area contributed by atoms with E-state index in [9.17, 15) is 9.59 Å². The fourth-order valence-corrected chi connectivity index (χ4v) is 4.89. The minimum absolute atomic E-state index is 0.214. The van der Waals surface area contributed by atoms with E-state index in [0.29, 0.717) is 28.6 Å². The van der Waals surface area contributed by atoms with Crippen molar-refractivity contribution in [3.05, 3.63) is 100 Å². The number of carbonyl (C=O) groups is 2. The van der Waals surface area contributed by atoms with Gasteiger partial charge in [0.15, 0.2) is 11.5 Å². The van der Waals surface area contributed by atoms with Crippen LogP contribution in [0.25, 0.3) is 6.08 Å². The van der Waals surface area contributed by atoms with E-state index >= 15 is 0 Å². The lowest BCUT2D eigenvalue weighted by molar-refractivity contribution is -0.140. The van der Waals surface area contributed by atoms with Gasteiger partial charge in [0.05, 0.1) is 4.91 Å². The van der Waals surface area contributed by atoms with E-state index in [-0.39, 0.29) is 17.0 Å². The lowest BCUT2D eigenvalue weighted by Gasteiger charge is -2.19. The number of ether oxygens (including phenoxy) is 3. The summed E-state index contributed by atoms with van der Waals surface area (Å²) in [4.78, 5) is 25.2. The summed E-state index contributed by atoms with van der Waals surface area (Å²) < 4.78 is 18.1. The summed E-state index contributed by atoms with van der Waals surface area (Å²) in [6.07, 6.45) is 1.40. The minimum atomic E-state index is -1.12. The van der Waals surface area contributed by atoms with E-state index < -0.39 is 18.4 Å². The first-order valence-corrected chi connectivity index (χ1v) is 12.7. The molecule has 190 valence electrons. The van der Waals surface area contributed by atoms with Gasteiger partial charge in [-0.25, -0.2) is 0 Å². The van der Waals surface area contributed by atoms with Gasteiger partial charge in [-0.2, -0.15) is 0 Å². The number of rotatable bonds is 11. The highest BCUT2D eigenvalue weighted by molar-refractivity contribution is 8.26. The maximum atomic E-state index is 12.7. The molecular weight excluding hydrogens is 510 g/mol. The van der Waals surface area contributed by atoms with Crippen LogP contribution in [0.3, 0.4) is 0 Å². The standard InChI is InChI=1S/C28H25NO6S2/c1-33-24(21-10-6-3-7-11-21)18-35-22-13-12-20(14-23(22)34-17-19-8-4-2-5-9-19)15-25-27(32)29(16-26(30)31)28(36)37-25/h2-15,24H,16-18H2,1H3,(H,30,31)/t24-/m0/s1. The average molecular weight is 536 g/mol. The molecule has 0 spiro atoms. The molecule has 7 nitrogen and oxygen atoms in total. The molecule has 1 fully saturated rings. The lowest BCUT2D eigenvalue weighted by atomic mass is 10.1. The van der Waals surface area contributed by atoms with Crippen molar-refractivity contribution in [2.75, 3.05) is 20.3 Å². The first kappa shape index (κ1) is 26.4. The van der Waals surface area contributed by atoms with Crippen molar-refractivity contribution < 1.29 is 28.9 Å². The first-order valence-electron chi connectivity index (χ1n) is 11.4. The van der Waals surface area contributed by atoms with Crippen LogP contribution < -0.4 is 9.47 Å². The molecule has 1 atom stereocenters. The Labute approximate surface area is 224 Å². The van der Waals surface area contributed by atoms with Gasteiger partial charge in [-0.15, -0.1) is 0 Å². The predicted octanol–water partition coefficient (Wildman–Crippen LogP) is 5.32. The van der Waals surface area contributed by atoms with Gasteiger partial charge in [0, 0.05) is 7.11 Å². The molecule has 1 N–H and O–H groups in total. The number of benzene rings is 3. The van der Waals surface area contributed by atoms with Crippen LogP contribution >= 0.6 is 24.0 Å². The van der Waals surface area contributed by atoms with Crippen LogP contribution in [0.1, 0.15) is 22.8 Å². The van der Waals surface area contributed by atoms with E-state index in [0.717, 1.165) is 27.8 Å². The molecule has 0 radical (unpaired) electrons. The molecule has 9 heteroatoms. The summed E-state index contributed by atoms with van der Waals surface area (Å²) >= 11 is 6.26. The molecule has 3 aromatic rings. The van der Waals surface area contributed by atoms with E-state index in [1.807, 2.05) is 60.7 Å². The molecule has 1 heterocycles. The summed E-state index contributed by atoms with van der Waals surface area (Å²) in [6.45, 7) is 0.130. The topological polar surface area (TPSA) is 85.3 Å². The molecular formula is C28H25NO6S2. The van der Waals surface area contributed by atoms with Crippen LogP contribution in [0.5, 0.6) is 11.5 Å². The van der Waals surface area contributed by atoms with Crippen LogP contribution in [0, 0.1) is 0 Å². The van der Waals surface area contributed by atoms with Crippen molar-refractivity contribution in [3.63, 3.8) is 0 Å². The number of hydrogen-bond acceptors (Lipinski definition) is 7. The Morgan fingerprint density at radius 3 is 2.41 bits per heavy atom. The van der Waals surface area contributed by atoms with Crippen molar-refractivity contribution in [1.29, 1.82) is 0 Å². The average Bonchev–Trinajstić information content (AvgIpc) is 3.16. The van der Waals surface area contributed by atoms with Crippen molar-refractivity contribution in [1.82, 2.24) is 4.90 Å². The molecule has 0 aliphatic carbocycles. The van der Waals surface area contributed by atoms with E-state index in [4.69, 9.17) is 31.5 Å². The summed E-state index contributed by atoms with van der Waals surface area (Å²) in [7, 11) is 1.64. The number of carboxylic acid groups (broad SMARTS) is 1. The molecule has 4 rings (SSSR count). The third-order valence-electron chi connectivity index (χ3n) is 5.52. The van der Waals surface area contributed by atoms with Crippen LogP contribution in [0.15, 0.2) is 83.8 Å². The van der Waals surface area contributed by atoms with Crippen LogP contribution in [0.4, 0.5) is 0 Å². The number of hydrogen-bond donors (Lipinski definition) is 1. The fourth-order valence-electron chi connectivity index (χ4n) is 3.64. The number of carbonyl (C=O) groups excluding carboxylic acids is 1. The maximum absolute atomic E-state index is 12.7. The molecule has 0 unspecified atom stereocenters. The van der Waals surface area contributed by atoms with E-state index in [1.165, 1.54) is 0 Å². The summed E-state index contributed by atoms with van der Waals surface area (Å²) in [6, 6.07) is 24.9. The molecule has 0 saturated carbocycles. The zero-order valence-corrected chi connectivity index (χ0v) is 21.7. The smallest absolute Gasteiger partial charge is 0.323 e. The van der Waals surface area contributed by atoms with Gasteiger partial charge in [0.25, 0.3) is 5.91 Å². The van der Waals surface area contributed by atoms with Crippen molar-refractivity contribution in [2.24, 2.45) is 0 Å². The minimum Gasteiger partial charge on any atom is -0.487 e. The third kappa shape index (κ3) is 6.97. The SMILES string of the molecule is CO[C@@H](COc1ccc(C=C2SC(=S)N(CC(=O)O)C2=O)cc1OCc1ccccc1)c1ccccc1. The van der Waals surface area contributed by atoms with Gasteiger partial charge in [-0.1, -0.05) is 90.7 Å². The van der Waals surface area contributed by atoms with Crippen molar-refractivity contribution in [3.8, 4) is 11.5 Å². The fraction of sp³-hybridized carbons (Fsp3) is 0.179. The number of aliphatic carboxylic acids is 1. The number of amides is 1. The summed E-state index contributed by atoms with van der Waals surface area (Å²) in [5, 5.41) is 9.06. The molecule has 1 aliphatic rings. The molecule has 1 amide bonds. The highest BCUT2D eigenvalue weighted by Crippen LogP contribution is 2.35. The lowest BCUT2D eigenvalue weighted by Crippen LogP contribution is -2.33. The first-order chi connectivity index (χ1) is 17.9. The zero-order chi connectivity index (χ0) is 26.2. The van der Waals surface area contributed by atoms with Gasteiger partial charge in [0.1, 0.15) is 30.2 Å². The normalized spacial score (nSPS) is 15.2. The predicted molar refractivity (Wildman–Crippen MR) is 146 cm³/mol. The van der Waals surface area contributed by atoms with E-state index in [2.05, 4.69) is 0 Å². The molecule has 0 aromatic heterocycles. The van der Waals surface area contributed by atoms with Crippen molar-refractivity contribution >= 4 is 46.3 Å². The Balaban J connectivity index is 1.57. The number of nitrogens with zero attached hydrogens (tertiary/aromatic N) is 1. The quantitative estimate of drug-likeness (QED) is 0.261. The Morgan fingerprint density at radius 2 is 1.73 bits per heavy atom. The van der Waals surface area contributed by atoms with Gasteiger partial charge in [-0.3, -0.25) is 14.5 Å². The van der Waals surface area contributed by atoms with Crippen molar-refractivity contribution in [2.45, 2.75) is 12.7 Å². The molecule has 1 aliphatic heterocycles. The Morgan fingerprint density at radius 1 is 1.03 bits per heavy atom. The van der Waals surface area contributed by atoms with E-state index in [1.54, 1.807) is 31.4 Å². The zero-order valence-electron chi connectivity index (χ0n) is 20.0. The molecule has 3 aromatic carbocycles. The number of carboxylic acids is 1. The molecule has 1 saturated heterocycles. The Hall–Kier alpha value is -3.66. The summed E-state index contributed by atoms with van der Waals surface area (Å²) in [5.41, 5.74) is 2.68. The molecule has 37 heavy (non-hydrogen) atoms. The number of methoxy groups -OCH3 is 1. The largest absolute Gasteiger partial charge is 0.487 e. The second kappa shape index (κ2) is 12.5. The van der Waals surface area contributed by atoms with Crippen LogP contribution in [-0.4, -0.2) is 46.5 Å². The third-order valence-corrected chi connectivity index (χ3v) is 6.89. The Bertz CT molecular complexity index is 1300. The maximum Gasteiger partial charge on any atom is 0.323 e. The van der Waals surface area contributed by atoms with Gasteiger partial charge in [0.2, 0.25) is 0 Å². The number of thioether (sulfide) groups is 1. The van der Waals surface area contributed by atoms with Gasteiger partial charge < -0.3 is 19.3 Å². The van der Waals surface area contributed by atoms with Crippen LogP contribution in [-0.2, 0) is 20.9 Å².